The standard InChI is InChI=1S/C16H27NO/c1-4-12-18-15-10-8-14(9-11-15)6-5-7-16(17)13(2)3/h8-11,13,16H,4-7,12,17H2,1-3H3. The van der Waals surface area contributed by atoms with Crippen molar-refractivity contribution < 1.29 is 4.74 Å². The number of aryl methyl sites for hydroxylation is 1. The van der Waals surface area contributed by atoms with Gasteiger partial charge in [0.2, 0.25) is 0 Å². The second-order valence-corrected chi connectivity index (χ2v) is 5.29. The first kappa shape index (κ1) is 15.0. The van der Waals surface area contributed by atoms with Gasteiger partial charge in [-0.05, 0) is 49.3 Å². The number of hydrogen-bond donors (Lipinski definition) is 1. The van der Waals surface area contributed by atoms with Crippen molar-refractivity contribution in [3.05, 3.63) is 29.8 Å². The third-order valence-corrected chi connectivity index (χ3v) is 3.26. The molecule has 1 rings (SSSR count). The highest BCUT2D eigenvalue weighted by Crippen LogP contribution is 2.15. The van der Waals surface area contributed by atoms with Crippen LogP contribution in [0.3, 0.4) is 0 Å². The van der Waals surface area contributed by atoms with Crippen molar-refractivity contribution in [2.24, 2.45) is 11.7 Å². The molecule has 2 nitrogen and oxygen atoms in total. The summed E-state index contributed by atoms with van der Waals surface area (Å²) in [5, 5.41) is 0. The van der Waals surface area contributed by atoms with E-state index in [-0.39, 0.29) is 0 Å². The van der Waals surface area contributed by atoms with E-state index in [9.17, 15) is 0 Å². The number of ether oxygens (including phenoxy) is 1. The number of hydrogen-bond acceptors (Lipinski definition) is 2. The maximum Gasteiger partial charge on any atom is 0.119 e. The van der Waals surface area contributed by atoms with Crippen LogP contribution in [0.2, 0.25) is 0 Å². The van der Waals surface area contributed by atoms with E-state index >= 15 is 0 Å². The predicted octanol–water partition coefficient (Wildman–Crippen LogP) is 3.78. The molecule has 0 heterocycles. The largest absolute Gasteiger partial charge is 0.494 e. The fourth-order valence-electron chi connectivity index (χ4n) is 1.85. The van der Waals surface area contributed by atoms with Gasteiger partial charge in [0.05, 0.1) is 6.61 Å². The first-order valence-corrected chi connectivity index (χ1v) is 7.10. The molecule has 0 aliphatic carbocycles. The number of benzene rings is 1. The van der Waals surface area contributed by atoms with Gasteiger partial charge in [-0.15, -0.1) is 0 Å². The van der Waals surface area contributed by atoms with E-state index < -0.39 is 0 Å². The van der Waals surface area contributed by atoms with Crippen LogP contribution < -0.4 is 10.5 Å². The monoisotopic (exact) mass is 249 g/mol. The van der Waals surface area contributed by atoms with Crippen LogP contribution in [0, 0.1) is 5.92 Å². The maximum atomic E-state index is 6.04. The van der Waals surface area contributed by atoms with Crippen molar-refractivity contribution in [3.8, 4) is 5.75 Å². The Morgan fingerprint density at radius 3 is 2.39 bits per heavy atom. The molecule has 0 radical (unpaired) electrons. The smallest absolute Gasteiger partial charge is 0.119 e. The third kappa shape index (κ3) is 5.54. The molecule has 102 valence electrons. The second-order valence-electron chi connectivity index (χ2n) is 5.29. The van der Waals surface area contributed by atoms with Gasteiger partial charge in [-0.25, -0.2) is 0 Å². The van der Waals surface area contributed by atoms with Gasteiger partial charge >= 0.3 is 0 Å². The predicted molar refractivity (Wildman–Crippen MR) is 78.0 cm³/mol. The van der Waals surface area contributed by atoms with Gasteiger partial charge < -0.3 is 10.5 Å². The van der Waals surface area contributed by atoms with Gasteiger partial charge in [-0.1, -0.05) is 32.9 Å². The minimum absolute atomic E-state index is 0.331. The van der Waals surface area contributed by atoms with E-state index in [0.717, 1.165) is 38.0 Å². The van der Waals surface area contributed by atoms with E-state index in [0.29, 0.717) is 12.0 Å². The molecule has 0 fully saturated rings. The lowest BCUT2D eigenvalue weighted by atomic mass is 9.98. The van der Waals surface area contributed by atoms with Crippen molar-refractivity contribution in [1.29, 1.82) is 0 Å². The summed E-state index contributed by atoms with van der Waals surface area (Å²) in [6, 6.07) is 8.77. The van der Waals surface area contributed by atoms with E-state index in [1.807, 2.05) is 0 Å². The van der Waals surface area contributed by atoms with Gasteiger partial charge in [0, 0.05) is 6.04 Å². The van der Waals surface area contributed by atoms with Crippen LogP contribution in [0.4, 0.5) is 0 Å². The zero-order valence-electron chi connectivity index (χ0n) is 12.0. The zero-order chi connectivity index (χ0) is 13.4. The topological polar surface area (TPSA) is 35.2 Å². The molecule has 0 saturated heterocycles. The molecule has 1 atom stereocenters. The molecule has 1 aromatic rings. The molecule has 1 aromatic carbocycles. The molecule has 0 spiro atoms. The summed E-state index contributed by atoms with van der Waals surface area (Å²) in [6.07, 6.45) is 4.42. The minimum Gasteiger partial charge on any atom is -0.494 e. The van der Waals surface area contributed by atoms with E-state index in [2.05, 4.69) is 45.0 Å². The van der Waals surface area contributed by atoms with Crippen LogP contribution >= 0.6 is 0 Å². The Morgan fingerprint density at radius 1 is 1.17 bits per heavy atom. The average molecular weight is 249 g/mol. The molecule has 0 amide bonds. The molecular formula is C16H27NO. The summed E-state index contributed by atoms with van der Waals surface area (Å²) in [5.74, 6) is 1.55. The normalized spacial score (nSPS) is 12.7. The van der Waals surface area contributed by atoms with Gasteiger partial charge in [0.1, 0.15) is 5.75 Å². The Kier molecular flexibility index (Phi) is 6.81. The van der Waals surface area contributed by atoms with Gasteiger partial charge in [-0.3, -0.25) is 0 Å². The number of rotatable bonds is 8. The molecule has 1 unspecified atom stereocenters. The van der Waals surface area contributed by atoms with E-state index in [1.165, 1.54) is 5.56 Å². The zero-order valence-corrected chi connectivity index (χ0v) is 12.0. The van der Waals surface area contributed by atoms with Crippen molar-refractivity contribution in [2.45, 2.75) is 52.5 Å². The Hall–Kier alpha value is -1.02. The first-order valence-electron chi connectivity index (χ1n) is 7.10. The highest BCUT2D eigenvalue weighted by Gasteiger charge is 2.06. The summed E-state index contributed by atoms with van der Waals surface area (Å²) in [7, 11) is 0. The molecule has 0 bridgehead atoms. The van der Waals surface area contributed by atoms with Gasteiger partial charge in [0.15, 0.2) is 0 Å². The highest BCUT2D eigenvalue weighted by molar-refractivity contribution is 5.27. The van der Waals surface area contributed by atoms with Crippen LogP contribution in [0.1, 0.15) is 45.6 Å². The lowest BCUT2D eigenvalue weighted by Gasteiger charge is -2.15. The van der Waals surface area contributed by atoms with E-state index in [1.54, 1.807) is 0 Å². The lowest BCUT2D eigenvalue weighted by Crippen LogP contribution is -2.26. The van der Waals surface area contributed by atoms with Crippen LogP contribution in [-0.2, 0) is 6.42 Å². The summed E-state index contributed by atoms with van der Waals surface area (Å²) < 4.78 is 5.56. The maximum absolute atomic E-state index is 6.04. The van der Waals surface area contributed by atoms with Crippen molar-refractivity contribution in [3.63, 3.8) is 0 Å². The fraction of sp³-hybridized carbons (Fsp3) is 0.625. The SMILES string of the molecule is CCCOc1ccc(CCCC(N)C(C)C)cc1. The van der Waals surface area contributed by atoms with Crippen molar-refractivity contribution in [1.82, 2.24) is 0 Å². The summed E-state index contributed by atoms with van der Waals surface area (Å²) in [4.78, 5) is 0. The minimum atomic E-state index is 0.331. The Morgan fingerprint density at radius 2 is 1.83 bits per heavy atom. The summed E-state index contributed by atoms with van der Waals surface area (Å²) in [6.45, 7) is 7.28. The fourth-order valence-corrected chi connectivity index (χ4v) is 1.85. The van der Waals surface area contributed by atoms with Gasteiger partial charge in [-0.2, -0.15) is 0 Å². The molecule has 0 aliphatic rings. The number of nitrogens with two attached hydrogens (primary N) is 1. The lowest BCUT2D eigenvalue weighted by molar-refractivity contribution is 0.317. The van der Waals surface area contributed by atoms with Crippen LogP contribution in [0.25, 0.3) is 0 Å². The quantitative estimate of drug-likeness (QED) is 0.761. The first-order chi connectivity index (χ1) is 8.63. The molecular weight excluding hydrogens is 222 g/mol. The van der Waals surface area contributed by atoms with Crippen LogP contribution in [0.5, 0.6) is 5.75 Å². The molecule has 0 aliphatic heterocycles. The Labute approximate surface area is 112 Å². The highest BCUT2D eigenvalue weighted by atomic mass is 16.5. The van der Waals surface area contributed by atoms with Crippen molar-refractivity contribution in [2.75, 3.05) is 6.61 Å². The van der Waals surface area contributed by atoms with Gasteiger partial charge in [0.25, 0.3) is 0 Å². The summed E-state index contributed by atoms with van der Waals surface area (Å²) >= 11 is 0. The van der Waals surface area contributed by atoms with Crippen molar-refractivity contribution >= 4 is 0 Å². The van der Waals surface area contributed by atoms with E-state index in [4.69, 9.17) is 10.5 Å². The average Bonchev–Trinajstić information content (AvgIpc) is 2.37. The molecule has 2 N–H and O–H groups in total. The molecule has 2 heteroatoms. The molecule has 18 heavy (non-hydrogen) atoms. The molecule has 0 saturated carbocycles. The Bertz CT molecular complexity index is 318. The van der Waals surface area contributed by atoms with Crippen LogP contribution in [-0.4, -0.2) is 12.6 Å². The second kappa shape index (κ2) is 8.15. The summed E-state index contributed by atoms with van der Waals surface area (Å²) in [5.41, 5.74) is 7.41. The third-order valence-electron chi connectivity index (χ3n) is 3.26. The van der Waals surface area contributed by atoms with Crippen LogP contribution in [0.15, 0.2) is 24.3 Å². The Balaban J connectivity index is 2.30. The molecule has 0 aromatic heterocycles.